The molecule has 1 saturated heterocycles. The van der Waals surface area contributed by atoms with Crippen molar-refractivity contribution in [2.24, 2.45) is 4.99 Å². The monoisotopic (exact) mass is 569 g/mol. The summed E-state index contributed by atoms with van der Waals surface area (Å²) in [6.45, 7) is 0.119. The zero-order valence-corrected chi connectivity index (χ0v) is 21.6. The Bertz CT molecular complexity index is 1370. The summed E-state index contributed by atoms with van der Waals surface area (Å²) in [5, 5.41) is 14.2. The van der Waals surface area contributed by atoms with Gasteiger partial charge in [0.25, 0.3) is 11.6 Å². The number of thioether (sulfide) groups is 1. The van der Waals surface area contributed by atoms with E-state index in [0.717, 1.165) is 5.75 Å². The number of benzene rings is 3. The predicted molar refractivity (Wildman–Crippen MR) is 142 cm³/mol. The molecule has 1 heterocycles. The minimum Gasteiger partial charge on any atom is -0.497 e. The van der Waals surface area contributed by atoms with Crippen molar-refractivity contribution in [1.82, 2.24) is 5.32 Å². The van der Waals surface area contributed by atoms with Gasteiger partial charge >= 0.3 is 0 Å². The van der Waals surface area contributed by atoms with Crippen LogP contribution in [0.4, 0.5) is 11.4 Å². The number of ether oxygens (including phenoxy) is 3. The number of amidine groups is 1. The van der Waals surface area contributed by atoms with E-state index in [1.807, 2.05) is 0 Å². The van der Waals surface area contributed by atoms with E-state index in [1.54, 1.807) is 61.7 Å². The number of non-ortho nitro benzene ring substituents is 1. The Labute approximate surface area is 219 Å². The van der Waals surface area contributed by atoms with Gasteiger partial charge in [0.2, 0.25) is 0 Å². The zero-order chi connectivity index (χ0) is 25.7. The van der Waals surface area contributed by atoms with Gasteiger partial charge in [-0.25, -0.2) is 4.99 Å². The quantitative estimate of drug-likeness (QED) is 0.206. The Hall–Kier alpha value is -3.83. The number of methoxy groups -OCH3 is 2. The van der Waals surface area contributed by atoms with Gasteiger partial charge in [-0.15, -0.1) is 0 Å². The summed E-state index contributed by atoms with van der Waals surface area (Å²) < 4.78 is 17.2. The largest absolute Gasteiger partial charge is 0.497 e. The first-order chi connectivity index (χ1) is 17.4. The zero-order valence-electron chi connectivity index (χ0n) is 19.2. The van der Waals surface area contributed by atoms with E-state index in [9.17, 15) is 14.9 Å². The second-order valence-electron chi connectivity index (χ2n) is 7.42. The number of carbonyl (C=O) groups is 1. The summed E-state index contributed by atoms with van der Waals surface area (Å²) in [5.74, 6) is 1.36. The average Bonchev–Trinajstić information content (AvgIpc) is 3.22. The third kappa shape index (κ3) is 6.04. The molecule has 0 aromatic heterocycles. The molecule has 4 rings (SSSR count). The van der Waals surface area contributed by atoms with Crippen molar-refractivity contribution in [3.63, 3.8) is 0 Å². The summed E-state index contributed by atoms with van der Waals surface area (Å²) in [5.41, 5.74) is 2.04. The van der Waals surface area contributed by atoms with Crippen LogP contribution in [0, 0.1) is 10.1 Å². The smallest absolute Gasteiger partial charge is 0.269 e. The molecule has 1 aliphatic rings. The number of carbonyl (C=O) groups excluding carboxylic acids is 1. The van der Waals surface area contributed by atoms with Gasteiger partial charge in [-0.3, -0.25) is 14.9 Å². The van der Waals surface area contributed by atoms with Crippen molar-refractivity contribution in [3.8, 4) is 17.2 Å². The molecule has 36 heavy (non-hydrogen) atoms. The van der Waals surface area contributed by atoms with Gasteiger partial charge in [-0.2, -0.15) is 0 Å². The van der Waals surface area contributed by atoms with Crippen molar-refractivity contribution in [3.05, 3.63) is 91.3 Å². The summed E-state index contributed by atoms with van der Waals surface area (Å²) in [7, 11) is 3.10. The lowest BCUT2D eigenvalue weighted by atomic mass is 10.1. The van der Waals surface area contributed by atoms with Gasteiger partial charge in [0, 0.05) is 16.6 Å². The molecule has 0 saturated carbocycles. The Morgan fingerprint density at radius 3 is 2.56 bits per heavy atom. The fourth-order valence-electron chi connectivity index (χ4n) is 3.25. The van der Waals surface area contributed by atoms with Crippen LogP contribution >= 0.6 is 27.7 Å². The van der Waals surface area contributed by atoms with Gasteiger partial charge in [0.05, 0.1) is 29.7 Å². The number of nitrogens with one attached hydrogen (secondary N) is 1. The van der Waals surface area contributed by atoms with E-state index < -0.39 is 4.92 Å². The number of hydrogen-bond acceptors (Lipinski definition) is 8. The van der Waals surface area contributed by atoms with Crippen molar-refractivity contribution in [2.75, 3.05) is 14.2 Å². The summed E-state index contributed by atoms with van der Waals surface area (Å²) in [6.07, 6.45) is 1.73. The fourth-order valence-corrected chi connectivity index (χ4v) is 4.52. The number of halogens is 1. The van der Waals surface area contributed by atoms with Crippen LogP contribution in [0.15, 0.2) is 75.0 Å². The van der Waals surface area contributed by atoms with E-state index >= 15 is 0 Å². The summed E-state index contributed by atoms with van der Waals surface area (Å²) >= 11 is 4.75. The van der Waals surface area contributed by atoms with Crippen molar-refractivity contribution in [2.45, 2.75) is 6.61 Å². The molecule has 11 heteroatoms. The van der Waals surface area contributed by atoms with Gasteiger partial charge in [-0.1, -0.05) is 28.1 Å². The lowest BCUT2D eigenvalue weighted by Crippen LogP contribution is -2.19. The molecule has 3 aromatic rings. The molecular weight excluding hydrogens is 550 g/mol. The molecule has 1 N–H and O–H groups in total. The molecule has 1 fully saturated rings. The van der Waals surface area contributed by atoms with Gasteiger partial charge in [0.1, 0.15) is 12.4 Å². The minimum atomic E-state index is -0.451. The molecule has 0 atom stereocenters. The topological polar surface area (TPSA) is 112 Å². The highest BCUT2D eigenvalue weighted by molar-refractivity contribution is 9.10. The number of aliphatic imine (C=N–C) groups is 1. The lowest BCUT2D eigenvalue weighted by molar-refractivity contribution is -0.384. The molecule has 0 unspecified atom stereocenters. The number of nitro groups is 1. The van der Waals surface area contributed by atoms with Crippen LogP contribution in [-0.4, -0.2) is 30.2 Å². The Morgan fingerprint density at radius 1 is 1.08 bits per heavy atom. The van der Waals surface area contributed by atoms with Crippen molar-refractivity contribution in [1.29, 1.82) is 0 Å². The summed E-state index contributed by atoms with van der Waals surface area (Å²) in [4.78, 5) is 28.0. The molecular formula is C25H20BrN3O6S. The van der Waals surface area contributed by atoms with Crippen LogP contribution in [0.5, 0.6) is 17.2 Å². The van der Waals surface area contributed by atoms with Crippen LogP contribution in [-0.2, 0) is 11.4 Å². The molecule has 0 bridgehead atoms. The third-order valence-electron chi connectivity index (χ3n) is 5.04. The standard InChI is InChI=1S/C25H20BrN3O6S/c1-33-19-8-6-17(7-9-19)27-25-28-24(30)23(36-25)12-16-11-21(34-2)22(13-20(16)26)35-14-15-4-3-5-18(10-15)29(31)32/h3-13H,14H2,1-2H3,(H,27,28,30)/b23-12+. The third-order valence-corrected chi connectivity index (χ3v) is 6.64. The van der Waals surface area contributed by atoms with E-state index in [0.29, 0.717) is 42.9 Å². The van der Waals surface area contributed by atoms with E-state index in [-0.39, 0.29) is 18.2 Å². The van der Waals surface area contributed by atoms with Gasteiger partial charge in [0.15, 0.2) is 16.7 Å². The predicted octanol–water partition coefficient (Wildman–Crippen LogP) is 5.85. The molecule has 0 aliphatic carbocycles. The number of amides is 1. The van der Waals surface area contributed by atoms with E-state index in [1.165, 1.54) is 31.0 Å². The van der Waals surface area contributed by atoms with Crippen molar-refractivity contribution < 1.29 is 23.9 Å². The number of nitro benzene ring substituents is 1. The Morgan fingerprint density at radius 2 is 1.86 bits per heavy atom. The molecule has 184 valence electrons. The highest BCUT2D eigenvalue weighted by atomic mass is 79.9. The van der Waals surface area contributed by atoms with Crippen LogP contribution in [0.25, 0.3) is 6.08 Å². The maximum Gasteiger partial charge on any atom is 0.269 e. The van der Waals surface area contributed by atoms with Crippen LogP contribution in [0.2, 0.25) is 0 Å². The number of nitrogens with zero attached hydrogens (tertiary/aromatic N) is 2. The van der Waals surface area contributed by atoms with Crippen LogP contribution in [0.1, 0.15) is 11.1 Å². The molecule has 1 aliphatic heterocycles. The normalized spacial score (nSPS) is 15.1. The number of rotatable bonds is 8. The lowest BCUT2D eigenvalue weighted by Gasteiger charge is -2.13. The Kier molecular flexibility index (Phi) is 7.91. The van der Waals surface area contributed by atoms with Crippen LogP contribution in [0.3, 0.4) is 0 Å². The van der Waals surface area contributed by atoms with Gasteiger partial charge in [-0.05, 0) is 65.4 Å². The Balaban J connectivity index is 1.51. The molecule has 3 aromatic carbocycles. The second kappa shape index (κ2) is 11.3. The highest BCUT2D eigenvalue weighted by Crippen LogP contribution is 2.37. The van der Waals surface area contributed by atoms with Crippen LogP contribution < -0.4 is 19.5 Å². The maximum absolute atomic E-state index is 12.5. The molecule has 9 nitrogen and oxygen atoms in total. The SMILES string of the molecule is COc1ccc(N=C2NC(=O)/C(=C\c3cc(OC)c(OCc4cccc([N+](=O)[O-])c4)cc3Br)S2)cc1. The van der Waals surface area contributed by atoms with Gasteiger partial charge < -0.3 is 19.5 Å². The average molecular weight is 570 g/mol. The van der Waals surface area contributed by atoms with E-state index in [2.05, 4.69) is 26.2 Å². The first kappa shape index (κ1) is 25.3. The number of hydrogen-bond donors (Lipinski definition) is 1. The minimum absolute atomic E-state index is 0.00606. The van der Waals surface area contributed by atoms with E-state index in [4.69, 9.17) is 14.2 Å². The fraction of sp³-hybridized carbons (Fsp3) is 0.120. The molecule has 0 radical (unpaired) electrons. The maximum atomic E-state index is 12.5. The summed E-state index contributed by atoms with van der Waals surface area (Å²) in [6, 6.07) is 16.9. The van der Waals surface area contributed by atoms with Crippen molar-refractivity contribution >= 4 is 56.2 Å². The first-order valence-corrected chi connectivity index (χ1v) is 12.1. The highest BCUT2D eigenvalue weighted by Gasteiger charge is 2.24. The first-order valence-electron chi connectivity index (χ1n) is 10.5. The molecule has 0 spiro atoms. The molecule has 1 amide bonds. The second-order valence-corrected chi connectivity index (χ2v) is 9.31.